The number of nitrogens with one attached hydrogen (secondary N) is 1. The number of benzene rings is 4. The van der Waals surface area contributed by atoms with Crippen LogP contribution in [-0.4, -0.2) is 35.3 Å². The molecule has 0 radical (unpaired) electrons. The molecular weight excluding hydrogens is 398 g/mol. The molecule has 164 valence electrons. The van der Waals surface area contributed by atoms with E-state index in [0.29, 0.717) is 13.0 Å². The minimum Gasteiger partial charge on any atom is -0.329 e. The minimum atomic E-state index is -0.634. The molecule has 2 atom stereocenters. The molecule has 1 heterocycles. The van der Waals surface area contributed by atoms with E-state index in [1.807, 2.05) is 26.8 Å². The quantitative estimate of drug-likeness (QED) is 0.457. The fourth-order valence-electron chi connectivity index (χ4n) is 4.91. The molecule has 1 aliphatic rings. The molecule has 0 bridgehead atoms. The Balaban J connectivity index is 1.49. The van der Waals surface area contributed by atoms with E-state index in [2.05, 4.69) is 53.8 Å². The number of carbonyl (C=O) groups excluding carboxylic acids is 2. The molecule has 1 fully saturated rings. The van der Waals surface area contributed by atoms with Crippen LogP contribution in [0.15, 0.2) is 54.6 Å². The molecule has 5 heteroatoms. The highest BCUT2D eigenvalue weighted by molar-refractivity contribution is 6.26. The first-order chi connectivity index (χ1) is 15.3. The molecule has 5 nitrogen and oxygen atoms in total. The van der Waals surface area contributed by atoms with Crippen molar-refractivity contribution in [2.45, 2.75) is 45.7 Å². The molecule has 1 saturated heterocycles. The maximum atomic E-state index is 13.3. The molecule has 5 rings (SSSR count). The van der Waals surface area contributed by atoms with E-state index >= 15 is 0 Å². The third-order valence-electron chi connectivity index (χ3n) is 6.82. The highest BCUT2D eigenvalue weighted by Gasteiger charge is 2.39. The van der Waals surface area contributed by atoms with Gasteiger partial charge in [0.25, 0.3) is 0 Å². The number of likely N-dealkylation sites (tertiary alicyclic amines) is 1. The second-order valence-electron chi connectivity index (χ2n) is 9.99. The van der Waals surface area contributed by atoms with Gasteiger partial charge >= 0.3 is 0 Å². The van der Waals surface area contributed by atoms with Gasteiger partial charge in [-0.3, -0.25) is 9.59 Å². The summed E-state index contributed by atoms with van der Waals surface area (Å²) >= 11 is 0. The van der Waals surface area contributed by atoms with E-state index in [-0.39, 0.29) is 17.2 Å². The van der Waals surface area contributed by atoms with Crippen LogP contribution in [0.3, 0.4) is 0 Å². The van der Waals surface area contributed by atoms with Crippen LogP contribution in [0.1, 0.15) is 33.6 Å². The van der Waals surface area contributed by atoms with Crippen molar-refractivity contribution in [1.29, 1.82) is 0 Å². The third kappa shape index (κ3) is 3.28. The predicted molar refractivity (Wildman–Crippen MR) is 131 cm³/mol. The lowest BCUT2D eigenvalue weighted by Gasteiger charge is -2.32. The Hall–Kier alpha value is -3.18. The van der Waals surface area contributed by atoms with Gasteiger partial charge in [-0.1, -0.05) is 69.3 Å². The number of hydrogen-bond acceptors (Lipinski definition) is 3. The first-order valence-electron chi connectivity index (χ1n) is 11.3. The van der Waals surface area contributed by atoms with Gasteiger partial charge in [-0.05, 0) is 51.3 Å². The summed E-state index contributed by atoms with van der Waals surface area (Å²) in [5.74, 6) is -0.294. The fraction of sp³-hybridized carbons (Fsp3) is 0.333. The lowest BCUT2D eigenvalue weighted by Crippen LogP contribution is -2.54. The molecule has 4 aromatic rings. The van der Waals surface area contributed by atoms with Gasteiger partial charge in [-0.15, -0.1) is 0 Å². The van der Waals surface area contributed by atoms with Crippen LogP contribution in [0, 0.1) is 5.41 Å². The second kappa shape index (κ2) is 7.45. The Kier molecular flexibility index (Phi) is 4.82. The van der Waals surface area contributed by atoms with Crippen LogP contribution in [0.25, 0.3) is 32.3 Å². The topological polar surface area (TPSA) is 75.4 Å². The van der Waals surface area contributed by atoms with Crippen molar-refractivity contribution < 1.29 is 9.59 Å². The average Bonchev–Trinajstić information content (AvgIpc) is 3.27. The molecular formula is C27H29N3O2. The molecule has 0 aliphatic carbocycles. The van der Waals surface area contributed by atoms with E-state index in [1.54, 1.807) is 4.90 Å². The molecule has 32 heavy (non-hydrogen) atoms. The van der Waals surface area contributed by atoms with Crippen molar-refractivity contribution in [3.8, 4) is 0 Å². The van der Waals surface area contributed by atoms with E-state index in [0.717, 1.165) is 28.3 Å². The standard InChI is InChI=1S/C27H29N3O2/c1-27(2,3)24(28)26(32)30-15-5-8-21(30)25(31)29-20-14-12-18-10-9-16-6-4-7-17-11-13-19(20)23(18)22(16)17/h4,6-7,9-14,21,24H,5,8,15,28H2,1-3H3,(H,29,31)/t21-,24+/m0/s1. The smallest absolute Gasteiger partial charge is 0.247 e. The van der Waals surface area contributed by atoms with E-state index in [9.17, 15) is 9.59 Å². The van der Waals surface area contributed by atoms with Gasteiger partial charge in [0.15, 0.2) is 0 Å². The Morgan fingerprint density at radius 2 is 1.59 bits per heavy atom. The van der Waals surface area contributed by atoms with Gasteiger partial charge in [0.1, 0.15) is 6.04 Å². The van der Waals surface area contributed by atoms with Crippen LogP contribution in [-0.2, 0) is 9.59 Å². The number of nitrogens with zero attached hydrogens (tertiary/aromatic N) is 1. The van der Waals surface area contributed by atoms with Crippen molar-refractivity contribution in [1.82, 2.24) is 4.90 Å². The normalized spacial score (nSPS) is 18.0. The van der Waals surface area contributed by atoms with E-state index in [1.165, 1.54) is 16.2 Å². The number of amides is 2. The number of anilines is 1. The van der Waals surface area contributed by atoms with Crippen LogP contribution in [0.2, 0.25) is 0 Å². The maximum Gasteiger partial charge on any atom is 0.247 e. The SMILES string of the molecule is CC(C)(C)[C@H](N)C(=O)N1CCC[C@H]1C(=O)Nc1ccc2ccc3cccc4ccc1c2c34. The largest absolute Gasteiger partial charge is 0.329 e. The zero-order valence-corrected chi connectivity index (χ0v) is 18.8. The predicted octanol–water partition coefficient (Wildman–Crippen LogP) is 4.89. The minimum absolute atomic E-state index is 0.146. The van der Waals surface area contributed by atoms with Crippen molar-refractivity contribution in [2.75, 3.05) is 11.9 Å². The Labute approximate surface area is 187 Å². The summed E-state index contributed by atoms with van der Waals surface area (Å²) in [5, 5.41) is 10.0. The first-order valence-corrected chi connectivity index (χ1v) is 11.3. The maximum absolute atomic E-state index is 13.3. The summed E-state index contributed by atoms with van der Waals surface area (Å²) in [6.45, 7) is 6.42. The summed E-state index contributed by atoms with van der Waals surface area (Å²) in [6.07, 6.45) is 1.46. The number of carbonyl (C=O) groups is 2. The van der Waals surface area contributed by atoms with Crippen LogP contribution in [0.5, 0.6) is 0 Å². The van der Waals surface area contributed by atoms with Gasteiger partial charge in [-0.2, -0.15) is 0 Å². The highest BCUT2D eigenvalue weighted by Crippen LogP contribution is 2.38. The number of rotatable bonds is 3. The lowest BCUT2D eigenvalue weighted by molar-refractivity contribution is -0.139. The first kappa shape index (κ1) is 20.7. The van der Waals surface area contributed by atoms with Gasteiger partial charge in [-0.25, -0.2) is 0 Å². The molecule has 4 aromatic carbocycles. The van der Waals surface area contributed by atoms with Gasteiger partial charge in [0, 0.05) is 17.6 Å². The highest BCUT2D eigenvalue weighted by atomic mass is 16.2. The zero-order chi connectivity index (χ0) is 22.6. The molecule has 0 aromatic heterocycles. The van der Waals surface area contributed by atoms with Crippen LogP contribution < -0.4 is 11.1 Å². The van der Waals surface area contributed by atoms with Gasteiger partial charge < -0.3 is 16.0 Å². The third-order valence-corrected chi connectivity index (χ3v) is 6.82. The van der Waals surface area contributed by atoms with Crippen molar-refractivity contribution in [2.24, 2.45) is 11.1 Å². The summed E-state index contributed by atoms with van der Waals surface area (Å²) in [5.41, 5.74) is 6.65. The average molecular weight is 428 g/mol. The Bertz CT molecular complexity index is 1320. The number of hydrogen-bond donors (Lipinski definition) is 2. The Morgan fingerprint density at radius 1 is 0.969 bits per heavy atom. The summed E-state index contributed by atoms with van der Waals surface area (Å²) < 4.78 is 0. The van der Waals surface area contributed by atoms with Crippen molar-refractivity contribution in [3.63, 3.8) is 0 Å². The van der Waals surface area contributed by atoms with Crippen LogP contribution >= 0.6 is 0 Å². The monoisotopic (exact) mass is 427 g/mol. The number of nitrogens with two attached hydrogens (primary N) is 1. The van der Waals surface area contributed by atoms with E-state index < -0.39 is 12.1 Å². The van der Waals surface area contributed by atoms with Gasteiger partial charge in [0.05, 0.1) is 6.04 Å². The second-order valence-corrected chi connectivity index (χ2v) is 9.99. The molecule has 0 saturated carbocycles. The zero-order valence-electron chi connectivity index (χ0n) is 18.8. The summed E-state index contributed by atoms with van der Waals surface area (Å²) in [4.78, 5) is 28.0. The lowest BCUT2D eigenvalue weighted by atomic mass is 9.86. The molecule has 2 amide bonds. The van der Waals surface area contributed by atoms with Crippen molar-refractivity contribution in [3.05, 3.63) is 54.6 Å². The molecule has 0 unspecified atom stereocenters. The van der Waals surface area contributed by atoms with Crippen LogP contribution in [0.4, 0.5) is 5.69 Å². The molecule has 0 spiro atoms. The molecule has 3 N–H and O–H groups in total. The van der Waals surface area contributed by atoms with Gasteiger partial charge in [0.2, 0.25) is 11.8 Å². The summed E-state index contributed by atoms with van der Waals surface area (Å²) in [6, 6.07) is 17.6. The van der Waals surface area contributed by atoms with E-state index in [4.69, 9.17) is 5.73 Å². The fourth-order valence-corrected chi connectivity index (χ4v) is 4.91. The van der Waals surface area contributed by atoms with Crippen molar-refractivity contribution >= 4 is 49.8 Å². The molecule has 1 aliphatic heterocycles. The summed E-state index contributed by atoms with van der Waals surface area (Å²) in [7, 11) is 0. The Morgan fingerprint density at radius 3 is 2.28 bits per heavy atom.